The van der Waals surface area contributed by atoms with Crippen molar-refractivity contribution in [3.05, 3.63) is 45.9 Å². The maximum absolute atomic E-state index is 12.6. The molecule has 0 saturated heterocycles. The third-order valence-corrected chi connectivity index (χ3v) is 6.10. The van der Waals surface area contributed by atoms with Crippen LogP contribution in [0.25, 0.3) is 0 Å². The molecule has 1 atom stereocenters. The molecule has 2 aromatic rings. The summed E-state index contributed by atoms with van der Waals surface area (Å²) in [6.07, 6.45) is 0.808. The van der Waals surface area contributed by atoms with Crippen LogP contribution in [-0.2, 0) is 17.8 Å². The molecule has 25 heavy (non-hydrogen) atoms. The van der Waals surface area contributed by atoms with E-state index < -0.39 is 0 Å². The normalized spacial score (nSPS) is 15.9. The van der Waals surface area contributed by atoms with Crippen molar-refractivity contribution in [1.29, 1.82) is 0 Å². The minimum Gasteiger partial charge on any atom is -0.325 e. The number of thioether (sulfide) groups is 2. The van der Waals surface area contributed by atoms with Gasteiger partial charge in [-0.1, -0.05) is 30.8 Å². The number of hydrogen-bond acceptors (Lipinski definition) is 5. The number of rotatable bonds is 5. The quantitative estimate of drug-likeness (QED) is 0.641. The van der Waals surface area contributed by atoms with E-state index in [1.165, 1.54) is 11.8 Å². The average molecular weight is 376 g/mol. The van der Waals surface area contributed by atoms with Crippen LogP contribution in [0.2, 0.25) is 0 Å². The molecule has 0 radical (unpaired) electrons. The van der Waals surface area contributed by atoms with Gasteiger partial charge in [-0.3, -0.25) is 14.2 Å². The largest absolute Gasteiger partial charge is 0.325 e. The van der Waals surface area contributed by atoms with Crippen LogP contribution < -0.4 is 10.9 Å². The van der Waals surface area contributed by atoms with Gasteiger partial charge in [-0.15, -0.1) is 11.8 Å². The summed E-state index contributed by atoms with van der Waals surface area (Å²) in [5, 5.41) is 3.89. The Labute approximate surface area is 155 Å². The minimum atomic E-state index is -0.101. The van der Waals surface area contributed by atoms with Crippen molar-refractivity contribution >= 4 is 35.1 Å². The Kier molecular flexibility index (Phi) is 5.54. The summed E-state index contributed by atoms with van der Waals surface area (Å²) in [6, 6.07) is 7.69. The maximum atomic E-state index is 12.6. The van der Waals surface area contributed by atoms with E-state index in [-0.39, 0.29) is 17.2 Å². The van der Waals surface area contributed by atoms with E-state index in [1.54, 1.807) is 16.3 Å². The molecule has 0 unspecified atom stereocenters. The fraction of sp³-hybridized carbons (Fsp3) is 0.389. The highest BCUT2D eigenvalue weighted by atomic mass is 32.2. The fourth-order valence-corrected chi connectivity index (χ4v) is 4.76. The van der Waals surface area contributed by atoms with Gasteiger partial charge < -0.3 is 5.32 Å². The zero-order chi connectivity index (χ0) is 18.0. The third-order valence-electron chi connectivity index (χ3n) is 3.91. The Morgan fingerprint density at radius 1 is 1.48 bits per heavy atom. The number of anilines is 1. The van der Waals surface area contributed by atoms with Gasteiger partial charge in [0.25, 0.3) is 5.56 Å². The molecule has 1 N–H and O–H groups in total. The van der Waals surface area contributed by atoms with Crippen molar-refractivity contribution < 1.29 is 4.79 Å². The zero-order valence-electron chi connectivity index (χ0n) is 14.5. The van der Waals surface area contributed by atoms with Gasteiger partial charge in [0.1, 0.15) is 0 Å². The first kappa shape index (κ1) is 18.1. The van der Waals surface area contributed by atoms with Gasteiger partial charge in [-0.25, -0.2) is 4.98 Å². The molecule has 1 aromatic heterocycles. The number of hydrogen-bond donors (Lipinski definition) is 1. The Hall–Kier alpha value is -1.73. The monoisotopic (exact) mass is 375 g/mol. The van der Waals surface area contributed by atoms with Crippen molar-refractivity contribution in [3.63, 3.8) is 0 Å². The van der Waals surface area contributed by atoms with Crippen molar-refractivity contribution in [1.82, 2.24) is 9.55 Å². The third kappa shape index (κ3) is 4.10. The van der Waals surface area contributed by atoms with Crippen molar-refractivity contribution in [2.24, 2.45) is 0 Å². The molecule has 0 fully saturated rings. The molecule has 1 aliphatic heterocycles. The summed E-state index contributed by atoms with van der Waals surface area (Å²) < 4.78 is 1.66. The smallest absolute Gasteiger partial charge is 0.268 e. The lowest BCUT2D eigenvalue weighted by molar-refractivity contribution is -0.113. The fourth-order valence-electron chi connectivity index (χ4n) is 2.77. The van der Waals surface area contributed by atoms with Crippen LogP contribution in [0.1, 0.15) is 25.1 Å². The number of nitrogens with zero attached hydrogens (tertiary/aromatic N) is 2. The van der Waals surface area contributed by atoms with Crippen LogP contribution in [0.4, 0.5) is 5.69 Å². The van der Waals surface area contributed by atoms with Crippen LogP contribution in [0.5, 0.6) is 0 Å². The van der Waals surface area contributed by atoms with Gasteiger partial charge in [0.05, 0.1) is 16.3 Å². The predicted molar refractivity (Wildman–Crippen MR) is 104 cm³/mol. The second-order valence-electron chi connectivity index (χ2n) is 6.06. The summed E-state index contributed by atoms with van der Waals surface area (Å²) in [5.41, 5.74) is 2.76. The van der Waals surface area contributed by atoms with E-state index in [1.807, 2.05) is 38.1 Å². The Bertz CT molecular complexity index is 864. The molecular formula is C18H21N3O2S2. The Morgan fingerprint density at radius 2 is 2.28 bits per heavy atom. The first-order valence-electron chi connectivity index (χ1n) is 8.27. The molecule has 2 heterocycles. The highest BCUT2D eigenvalue weighted by Gasteiger charge is 2.26. The predicted octanol–water partition coefficient (Wildman–Crippen LogP) is 3.34. The van der Waals surface area contributed by atoms with E-state index in [2.05, 4.69) is 17.2 Å². The van der Waals surface area contributed by atoms with Crippen molar-refractivity contribution in [2.75, 3.05) is 11.1 Å². The topological polar surface area (TPSA) is 64.0 Å². The van der Waals surface area contributed by atoms with Gasteiger partial charge in [0.2, 0.25) is 5.91 Å². The van der Waals surface area contributed by atoms with Gasteiger partial charge in [-0.2, -0.15) is 0 Å². The lowest BCUT2D eigenvalue weighted by Crippen LogP contribution is -2.25. The summed E-state index contributed by atoms with van der Waals surface area (Å²) in [5.74, 6) is 0.123. The summed E-state index contributed by atoms with van der Waals surface area (Å²) >= 11 is 2.91. The van der Waals surface area contributed by atoms with E-state index in [0.717, 1.165) is 28.3 Å². The molecule has 132 valence electrons. The van der Waals surface area contributed by atoms with Crippen LogP contribution in [0, 0.1) is 6.92 Å². The molecular weight excluding hydrogens is 354 g/mol. The molecule has 0 aliphatic carbocycles. The lowest BCUT2D eigenvalue weighted by Gasteiger charge is -2.11. The molecule has 0 saturated carbocycles. The van der Waals surface area contributed by atoms with E-state index in [9.17, 15) is 9.59 Å². The molecule has 1 aliphatic rings. The van der Waals surface area contributed by atoms with Crippen LogP contribution in [0.15, 0.2) is 39.1 Å². The summed E-state index contributed by atoms with van der Waals surface area (Å²) in [6.45, 7) is 6.56. The van der Waals surface area contributed by atoms with Crippen LogP contribution >= 0.6 is 23.5 Å². The van der Waals surface area contributed by atoms with Gasteiger partial charge >= 0.3 is 0 Å². The summed E-state index contributed by atoms with van der Waals surface area (Å²) in [7, 11) is 0. The minimum absolute atomic E-state index is 0.0171. The van der Waals surface area contributed by atoms with Gasteiger partial charge in [0, 0.05) is 23.9 Å². The number of amides is 1. The highest BCUT2D eigenvalue weighted by molar-refractivity contribution is 8.00. The Morgan fingerprint density at radius 3 is 3.00 bits per heavy atom. The number of carbonyl (C=O) groups is 1. The molecule has 5 nitrogen and oxygen atoms in total. The van der Waals surface area contributed by atoms with Gasteiger partial charge in [0.15, 0.2) is 5.16 Å². The zero-order valence-corrected chi connectivity index (χ0v) is 16.2. The van der Waals surface area contributed by atoms with E-state index in [4.69, 9.17) is 0 Å². The second-order valence-corrected chi connectivity index (χ2v) is 8.45. The van der Waals surface area contributed by atoms with Crippen molar-refractivity contribution in [3.8, 4) is 0 Å². The number of carbonyl (C=O) groups excluding carboxylic acids is 1. The Balaban J connectivity index is 1.73. The molecule has 1 amide bonds. The van der Waals surface area contributed by atoms with Gasteiger partial charge in [-0.05, 0) is 31.5 Å². The first-order valence-corrected chi connectivity index (χ1v) is 10.1. The number of benzene rings is 1. The molecule has 7 heteroatoms. The number of aromatic nitrogens is 2. The highest BCUT2D eigenvalue weighted by Crippen LogP contribution is 2.34. The first-order chi connectivity index (χ1) is 12.0. The summed E-state index contributed by atoms with van der Waals surface area (Å²) in [4.78, 5) is 30.3. The van der Waals surface area contributed by atoms with E-state index >= 15 is 0 Å². The van der Waals surface area contributed by atoms with Crippen LogP contribution in [0.3, 0.4) is 0 Å². The standard InChI is InChI=1S/C18H21N3O2S2/c1-4-21-17(23)16-14(9-12(3)25-16)20-18(21)24-10-15(22)19-13-7-5-6-11(2)8-13/h5-8,12H,4,9-10H2,1-3H3,(H,19,22)/t12-/m0/s1. The number of fused-ring (bicyclic) bond motifs is 1. The number of nitrogens with one attached hydrogen (secondary N) is 1. The SMILES string of the molecule is CCn1c(SCC(=O)Nc2cccc(C)c2)nc2c(c1=O)S[C@@H](C)C2. The van der Waals surface area contributed by atoms with Crippen molar-refractivity contribution in [2.45, 2.75) is 49.0 Å². The second kappa shape index (κ2) is 7.66. The number of aryl methyl sites for hydroxylation is 1. The maximum Gasteiger partial charge on any atom is 0.268 e. The average Bonchev–Trinajstić information content (AvgIpc) is 2.94. The molecule has 1 aromatic carbocycles. The molecule has 0 spiro atoms. The molecule has 0 bridgehead atoms. The van der Waals surface area contributed by atoms with Crippen LogP contribution in [-0.4, -0.2) is 26.5 Å². The van der Waals surface area contributed by atoms with E-state index in [0.29, 0.717) is 17.0 Å². The lowest BCUT2D eigenvalue weighted by atomic mass is 10.2. The molecule has 3 rings (SSSR count).